The summed E-state index contributed by atoms with van der Waals surface area (Å²) in [6.07, 6.45) is 9.97. The molecule has 4 aliphatic rings. The number of hydrogen-bond acceptors (Lipinski definition) is 3. The second-order valence-corrected chi connectivity index (χ2v) is 11.4. The van der Waals surface area contributed by atoms with Gasteiger partial charge in [-0.3, -0.25) is 4.79 Å². The molecule has 1 amide bonds. The van der Waals surface area contributed by atoms with Crippen LogP contribution >= 0.6 is 11.6 Å². The van der Waals surface area contributed by atoms with Gasteiger partial charge in [-0.05, 0) is 113 Å². The summed E-state index contributed by atoms with van der Waals surface area (Å²) >= 11 is 6.38. The smallest absolute Gasteiger partial charge is 0.252 e. The number of halogens is 1. The maximum absolute atomic E-state index is 13.0. The minimum atomic E-state index is -0.262. The molecule has 4 nitrogen and oxygen atoms in total. The van der Waals surface area contributed by atoms with Crippen LogP contribution in [0.4, 0.5) is 0 Å². The van der Waals surface area contributed by atoms with Gasteiger partial charge >= 0.3 is 0 Å². The SMILES string of the molecule is CC(C)(CO)NCCCc1ccc(Cl)c(C(=O)NCC23CC4CC(CC(C4)C2)C3)c1. The summed E-state index contributed by atoms with van der Waals surface area (Å²) in [6.45, 7) is 5.71. The molecule has 0 aliphatic heterocycles. The Hall–Kier alpha value is -1.10. The van der Waals surface area contributed by atoms with Crippen LogP contribution in [0.2, 0.25) is 5.02 Å². The van der Waals surface area contributed by atoms with Crippen LogP contribution in [0.1, 0.15) is 74.7 Å². The maximum atomic E-state index is 13.0. The van der Waals surface area contributed by atoms with Crippen molar-refractivity contribution in [3.63, 3.8) is 0 Å². The average molecular weight is 433 g/mol. The second kappa shape index (κ2) is 8.80. The van der Waals surface area contributed by atoms with E-state index >= 15 is 0 Å². The largest absolute Gasteiger partial charge is 0.394 e. The first kappa shape index (κ1) is 22.1. The first-order chi connectivity index (χ1) is 14.3. The molecular weight excluding hydrogens is 396 g/mol. The van der Waals surface area contributed by atoms with E-state index in [1.54, 1.807) is 0 Å². The van der Waals surface area contributed by atoms with Gasteiger partial charge in [0.25, 0.3) is 5.91 Å². The van der Waals surface area contributed by atoms with Gasteiger partial charge in [-0.15, -0.1) is 0 Å². The predicted octanol–water partition coefficient (Wildman–Crippen LogP) is 4.58. The fourth-order valence-electron chi connectivity index (χ4n) is 6.55. The van der Waals surface area contributed by atoms with Crippen LogP contribution in [-0.2, 0) is 6.42 Å². The zero-order chi connectivity index (χ0) is 21.4. The van der Waals surface area contributed by atoms with Crippen molar-refractivity contribution in [1.29, 1.82) is 0 Å². The molecule has 0 unspecified atom stereocenters. The Labute approximate surface area is 186 Å². The number of hydrogen-bond donors (Lipinski definition) is 3. The lowest BCUT2D eigenvalue weighted by Gasteiger charge is -2.56. The lowest BCUT2D eigenvalue weighted by molar-refractivity contribution is -0.0503. The van der Waals surface area contributed by atoms with Gasteiger partial charge in [0.15, 0.2) is 0 Å². The standard InChI is InChI=1S/C25H37ClN2O2/c1-24(2,16-29)28-7-3-4-17-5-6-22(26)21(11-17)23(30)27-15-25-12-18-8-19(13-25)10-20(9-18)14-25/h5-6,11,18-20,28-29H,3-4,7-10,12-16H2,1-2H3,(H,27,30). The maximum Gasteiger partial charge on any atom is 0.252 e. The minimum absolute atomic E-state index is 0.0304. The number of aryl methyl sites for hydroxylation is 1. The summed E-state index contributed by atoms with van der Waals surface area (Å²) < 4.78 is 0. The van der Waals surface area contributed by atoms with Gasteiger partial charge < -0.3 is 15.7 Å². The fraction of sp³-hybridized carbons (Fsp3) is 0.720. The van der Waals surface area contributed by atoms with Crippen molar-refractivity contribution in [2.45, 2.75) is 70.8 Å². The van der Waals surface area contributed by atoms with Crippen LogP contribution in [0.3, 0.4) is 0 Å². The molecule has 5 rings (SSSR count). The quantitative estimate of drug-likeness (QED) is 0.500. The Balaban J connectivity index is 1.32. The van der Waals surface area contributed by atoms with E-state index in [4.69, 9.17) is 11.6 Å². The van der Waals surface area contributed by atoms with Crippen molar-refractivity contribution < 1.29 is 9.90 Å². The molecule has 0 saturated heterocycles. The predicted molar refractivity (Wildman–Crippen MR) is 122 cm³/mol. The molecule has 0 atom stereocenters. The number of amides is 1. The molecule has 0 aromatic heterocycles. The van der Waals surface area contributed by atoms with Crippen LogP contribution in [0, 0.1) is 23.2 Å². The fourth-order valence-corrected chi connectivity index (χ4v) is 6.75. The van der Waals surface area contributed by atoms with Gasteiger partial charge in [0.2, 0.25) is 0 Å². The van der Waals surface area contributed by atoms with Crippen molar-refractivity contribution in [3.8, 4) is 0 Å². The van der Waals surface area contributed by atoms with Crippen molar-refractivity contribution in [1.82, 2.24) is 10.6 Å². The Morgan fingerprint density at radius 1 is 1.17 bits per heavy atom. The molecule has 4 saturated carbocycles. The van der Waals surface area contributed by atoms with Crippen LogP contribution in [0.25, 0.3) is 0 Å². The highest BCUT2D eigenvalue weighted by molar-refractivity contribution is 6.33. The second-order valence-electron chi connectivity index (χ2n) is 11.0. The van der Waals surface area contributed by atoms with Gasteiger partial charge in [0.1, 0.15) is 0 Å². The molecule has 166 valence electrons. The van der Waals surface area contributed by atoms with Crippen molar-refractivity contribution in [3.05, 3.63) is 34.3 Å². The third-order valence-corrected chi connectivity index (χ3v) is 8.04. The normalized spacial score (nSPS) is 29.9. The molecular formula is C25H37ClN2O2. The van der Waals surface area contributed by atoms with Crippen LogP contribution in [0.5, 0.6) is 0 Å². The molecule has 0 heterocycles. The Morgan fingerprint density at radius 3 is 2.40 bits per heavy atom. The van der Waals surface area contributed by atoms with Crippen molar-refractivity contribution >= 4 is 17.5 Å². The highest BCUT2D eigenvalue weighted by atomic mass is 35.5. The van der Waals surface area contributed by atoms with Crippen LogP contribution in [0.15, 0.2) is 18.2 Å². The molecule has 4 bridgehead atoms. The van der Waals surface area contributed by atoms with Crippen LogP contribution in [-0.4, -0.2) is 36.2 Å². The number of benzene rings is 1. The van der Waals surface area contributed by atoms with E-state index in [2.05, 4.69) is 10.6 Å². The van der Waals surface area contributed by atoms with E-state index < -0.39 is 0 Å². The zero-order valence-corrected chi connectivity index (χ0v) is 19.2. The first-order valence-corrected chi connectivity index (χ1v) is 12.1. The molecule has 1 aromatic rings. The number of carbonyl (C=O) groups excluding carboxylic acids is 1. The number of rotatable bonds is 9. The van der Waals surface area contributed by atoms with Gasteiger partial charge in [0.05, 0.1) is 17.2 Å². The summed E-state index contributed by atoms with van der Waals surface area (Å²) in [5.41, 5.74) is 1.80. The van der Waals surface area contributed by atoms with E-state index in [0.717, 1.165) is 49.2 Å². The molecule has 1 aromatic carbocycles. The third kappa shape index (κ3) is 5.03. The summed E-state index contributed by atoms with van der Waals surface area (Å²) in [6, 6.07) is 5.81. The third-order valence-electron chi connectivity index (χ3n) is 7.71. The minimum Gasteiger partial charge on any atom is -0.394 e. The highest BCUT2D eigenvalue weighted by Gasteiger charge is 2.50. The zero-order valence-electron chi connectivity index (χ0n) is 18.5. The van der Waals surface area contributed by atoms with E-state index in [9.17, 15) is 9.90 Å². The first-order valence-electron chi connectivity index (χ1n) is 11.7. The number of aliphatic hydroxyl groups excluding tert-OH is 1. The lowest BCUT2D eigenvalue weighted by atomic mass is 9.49. The van der Waals surface area contributed by atoms with E-state index in [1.807, 2.05) is 32.0 Å². The molecule has 0 spiro atoms. The lowest BCUT2D eigenvalue weighted by Crippen LogP contribution is -2.51. The summed E-state index contributed by atoms with van der Waals surface area (Å²) in [7, 11) is 0. The molecule has 0 radical (unpaired) electrons. The molecule has 5 heteroatoms. The summed E-state index contributed by atoms with van der Waals surface area (Å²) in [5.74, 6) is 2.65. The average Bonchev–Trinajstić information content (AvgIpc) is 2.69. The van der Waals surface area contributed by atoms with Crippen LogP contribution < -0.4 is 10.6 Å². The Bertz CT molecular complexity index is 741. The molecule has 30 heavy (non-hydrogen) atoms. The van der Waals surface area contributed by atoms with E-state index in [-0.39, 0.29) is 18.1 Å². The topological polar surface area (TPSA) is 61.4 Å². The highest BCUT2D eigenvalue weighted by Crippen LogP contribution is 2.59. The summed E-state index contributed by atoms with van der Waals surface area (Å²) in [4.78, 5) is 13.0. The van der Waals surface area contributed by atoms with E-state index in [0.29, 0.717) is 16.0 Å². The summed E-state index contributed by atoms with van der Waals surface area (Å²) in [5, 5.41) is 16.5. The Morgan fingerprint density at radius 2 is 1.80 bits per heavy atom. The van der Waals surface area contributed by atoms with Gasteiger partial charge in [-0.25, -0.2) is 0 Å². The Kier molecular flexibility index (Phi) is 6.48. The number of nitrogens with one attached hydrogen (secondary N) is 2. The monoisotopic (exact) mass is 432 g/mol. The number of aliphatic hydroxyl groups is 1. The van der Waals surface area contributed by atoms with E-state index in [1.165, 1.54) is 38.5 Å². The van der Waals surface area contributed by atoms with Crippen molar-refractivity contribution in [2.75, 3.05) is 19.7 Å². The number of carbonyl (C=O) groups is 1. The van der Waals surface area contributed by atoms with Gasteiger partial charge in [-0.1, -0.05) is 17.7 Å². The van der Waals surface area contributed by atoms with Crippen molar-refractivity contribution in [2.24, 2.45) is 23.2 Å². The molecule has 3 N–H and O–H groups in total. The van der Waals surface area contributed by atoms with Gasteiger partial charge in [0, 0.05) is 12.1 Å². The molecule has 4 aliphatic carbocycles. The molecule has 4 fully saturated rings. The van der Waals surface area contributed by atoms with Gasteiger partial charge in [-0.2, -0.15) is 0 Å².